The summed E-state index contributed by atoms with van der Waals surface area (Å²) in [5, 5.41) is 9.43. The van der Waals surface area contributed by atoms with Crippen LogP contribution in [-0.4, -0.2) is 74.0 Å². The van der Waals surface area contributed by atoms with Crippen LogP contribution in [0.4, 0.5) is 0 Å². The monoisotopic (exact) mass is 310 g/mol. The predicted octanol–water partition coefficient (Wildman–Crippen LogP) is 1.98. The van der Waals surface area contributed by atoms with Gasteiger partial charge in [0.25, 0.3) is 0 Å². The van der Waals surface area contributed by atoms with Gasteiger partial charge < -0.3 is 19.6 Å². The average molecular weight is 310 g/mol. The van der Waals surface area contributed by atoms with Gasteiger partial charge in [-0.1, -0.05) is 12.3 Å². The number of ether oxygens (including phenoxy) is 1. The molecule has 1 saturated heterocycles. The van der Waals surface area contributed by atoms with E-state index in [0.29, 0.717) is 13.0 Å². The van der Waals surface area contributed by atoms with Crippen LogP contribution in [0.15, 0.2) is 0 Å². The minimum Gasteiger partial charge on any atom is -0.381 e. The summed E-state index contributed by atoms with van der Waals surface area (Å²) in [5.41, 5.74) is 0. The first-order valence-corrected chi connectivity index (χ1v) is 8.81. The van der Waals surface area contributed by atoms with Crippen LogP contribution in [0.25, 0.3) is 0 Å². The molecule has 1 fully saturated rings. The summed E-state index contributed by atoms with van der Waals surface area (Å²) in [5.74, 6) is 5.43. The normalized spacial score (nSPS) is 17.3. The van der Waals surface area contributed by atoms with Crippen molar-refractivity contribution in [2.75, 3.05) is 53.0 Å². The van der Waals surface area contributed by atoms with Crippen LogP contribution >= 0.6 is 0 Å². The number of aliphatic hydroxyl groups is 1. The highest BCUT2D eigenvalue weighted by molar-refractivity contribution is 5.01. The van der Waals surface area contributed by atoms with Gasteiger partial charge in [0.15, 0.2) is 0 Å². The fourth-order valence-electron chi connectivity index (χ4n) is 2.83. The van der Waals surface area contributed by atoms with Crippen LogP contribution in [0.2, 0.25) is 0 Å². The molecule has 0 radical (unpaired) electrons. The second-order valence-corrected chi connectivity index (χ2v) is 6.22. The van der Waals surface area contributed by atoms with Gasteiger partial charge in [-0.25, -0.2) is 0 Å². The summed E-state index contributed by atoms with van der Waals surface area (Å²) in [6, 6.07) is 0. The molecule has 0 aromatic carbocycles. The van der Waals surface area contributed by atoms with E-state index >= 15 is 0 Å². The molecule has 0 spiro atoms. The van der Waals surface area contributed by atoms with Crippen molar-refractivity contribution in [3.05, 3.63) is 0 Å². The van der Waals surface area contributed by atoms with Crippen molar-refractivity contribution in [2.24, 2.45) is 0 Å². The fraction of sp³-hybridized carbons (Fsp3) is 0.889. The lowest BCUT2D eigenvalue weighted by molar-refractivity contribution is 0.0943. The molecule has 1 N–H and O–H groups in total. The zero-order valence-electron chi connectivity index (χ0n) is 14.5. The third-order valence-corrected chi connectivity index (χ3v) is 4.14. The number of nitrogens with zero attached hydrogens (tertiary/aromatic N) is 2. The highest BCUT2D eigenvalue weighted by Gasteiger charge is 2.09. The Labute approximate surface area is 136 Å². The maximum absolute atomic E-state index is 9.43. The molecule has 0 aromatic heterocycles. The van der Waals surface area contributed by atoms with E-state index in [4.69, 9.17) is 4.74 Å². The van der Waals surface area contributed by atoms with Crippen LogP contribution < -0.4 is 0 Å². The Morgan fingerprint density at radius 2 is 1.86 bits per heavy atom. The summed E-state index contributed by atoms with van der Waals surface area (Å²) >= 11 is 0. The average Bonchev–Trinajstić information content (AvgIpc) is 2.52. The first-order chi connectivity index (χ1) is 10.7. The summed E-state index contributed by atoms with van der Waals surface area (Å²) in [7, 11) is 2.19. The minimum atomic E-state index is -0.539. The van der Waals surface area contributed by atoms with Gasteiger partial charge in [-0.2, -0.15) is 0 Å². The van der Waals surface area contributed by atoms with Crippen molar-refractivity contribution in [1.29, 1.82) is 0 Å². The van der Waals surface area contributed by atoms with Gasteiger partial charge in [-0.15, -0.1) is 5.92 Å². The van der Waals surface area contributed by atoms with Gasteiger partial charge in [-0.3, -0.25) is 0 Å². The Morgan fingerprint density at radius 3 is 2.59 bits per heavy atom. The van der Waals surface area contributed by atoms with Gasteiger partial charge in [0.05, 0.1) is 0 Å². The highest BCUT2D eigenvalue weighted by atomic mass is 16.5. The van der Waals surface area contributed by atoms with Crippen LogP contribution in [0.5, 0.6) is 0 Å². The molecule has 0 aliphatic carbocycles. The second-order valence-electron chi connectivity index (χ2n) is 6.22. The molecular weight excluding hydrogens is 276 g/mol. The van der Waals surface area contributed by atoms with E-state index in [2.05, 4.69) is 28.7 Å². The summed E-state index contributed by atoms with van der Waals surface area (Å²) in [6.07, 6.45) is 6.56. The largest absolute Gasteiger partial charge is 0.381 e. The number of rotatable bonds is 11. The number of piperidine rings is 1. The Kier molecular flexibility index (Phi) is 11.4. The van der Waals surface area contributed by atoms with Gasteiger partial charge >= 0.3 is 0 Å². The van der Waals surface area contributed by atoms with Gasteiger partial charge in [0, 0.05) is 26.2 Å². The van der Waals surface area contributed by atoms with Crippen molar-refractivity contribution in [3.8, 4) is 11.8 Å². The molecule has 0 amide bonds. The molecule has 0 saturated carbocycles. The number of hydrogen-bond acceptors (Lipinski definition) is 4. The molecule has 1 aliphatic rings. The third-order valence-electron chi connectivity index (χ3n) is 4.14. The van der Waals surface area contributed by atoms with E-state index in [1.165, 1.54) is 51.9 Å². The predicted molar refractivity (Wildman–Crippen MR) is 91.9 cm³/mol. The third kappa shape index (κ3) is 10.2. The smallest absolute Gasteiger partial charge is 0.116 e. The minimum absolute atomic E-state index is 0.539. The first-order valence-electron chi connectivity index (χ1n) is 8.81. The number of likely N-dealkylation sites (tertiary alicyclic amines) is 1. The lowest BCUT2D eigenvalue weighted by Gasteiger charge is -2.27. The molecule has 128 valence electrons. The topological polar surface area (TPSA) is 35.9 Å². The number of hydrogen-bond donors (Lipinski definition) is 1. The van der Waals surface area contributed by atoms with Crippen LogP contribution in [-0.2, 0) is 4.74 Å². The molecule has 4 nitrogen and oxygen atoms in total. The fourth-order valence-corrected chi connectivity index (χ4v) is 2.83. The van der Waals surface area contributed by atoms with Crippen LogP contribution in [0.3, 0.4) is 0 Å². The molecule has 1 aliphatic heterocycles. The van der Waals surface area contributed by atoms with Gasteiger partial charge in [0.2, 0.25) is 0 Å². The highest BCUT2D eigenvalue weighted by Crippen LogP contribution is 2.08. The lowest BCUT2D eigenvalue weighted by atomic mass is 10.1. The van der Waals surface area contributed by atoms with E-state index in [9.17, 15) is 5.11 Å². The van der Waals surface area contributed by atoms with Crippen LogP contribution in [0.1, 0.15) is 45.4 Å². The zero-order valence-corrected chi connectivity index (χ0v) is 14.5. The quantitative estimate of drug-likeness (QED) is 0.467. The standard InChI is InChI=1S/C18H34N2O2/c1-3-9-18(21)10-17-22-16-8-12-19(2)11-7-15-20-13-5-4-6-14-20/h18,21H,4-8,10-17H2,1-2H3. The van der Waals surface area contributed by atoms with Gasteiger partial charge in [-0.05, 0) is 65.8 Å². The van der Waals surface area contributed by atoms with Crippen molar-refractivity contribution in [2.45, 2.75) is 51.6 Å². The molecule has 1 heterocycles. The number of aliphatic hydroxyl groups excluding tert-OH is 1. The molecule has 22 heavy (non-hydrogen) atoms. The van der Waals surface area contributed by atoms with E-state index in [-0.39, 0.29) is 0 Å². The van der Waals surface area contributed by atoms with Gasteiger partial charge in [0.1, 0.15) is 6.10 Å². The molecule has 1 rings (SSSR count). The lowest BCUT2D eigenvalue weighted by Crippen LogP contribution is -2.32. The van der Waals surface area contributed by atoms with Crippen molar-refractivity contribution in [3.63, 3.8) is 0 Å². The van der Waals surface area contributed by atoms with Crippen molar-refractivity contribution < 1.29 is 9.84 Å². The van der Waals surface area contributed by atoms with Crippen molar-refractivity contribution >= 4 is 0 Å². The molecule has 0 bridgehead atoms. The molecular formula is C18H34N2O2. The van der Waals surface area contributed by atoms with E-state index < -0.39 is 6.10 Å². The molecule has 0 aromatic rings. The SMILES string of the molecule is CC#CC(O)CCOCCCN(C)CCCN1CCCCC1. The van der Waals surface area contributed by atoms with E-state index in [1.54, 1.807) is 6.92 Å². The molecule has 1 unspecified atom stereocenters. The Morgan fingerprint density at radius 1 is 1.14 bits per heavy atom. The van der Waals surface area contributed by atoms with E-state index in [0.717, 1.165) is 19.6 Å². The Hall–Kier alpha value is -0.600. The van der Waals surface area contributed by atoms with Crippen molar-refractivity contribution in [1.82, 2.24) is 9.80 Å². The maximum Gasteiger partial charge on any atom is 0.116 e. The molecule has 4 heteroatoms. The van der Waals surface area contributed by atoms with Crippen LogP contribution in [0, 0.1) is 11.8 Å². The second kappa shape index (κ2) is 12.9. The Balaban J connectivity index is 1.88. The molecule has 1 atom stereocenters. The first kappa shape index (κ1) is 19.4. The maximum atomic E-state index is 9.43. The summed E-state index contributed by atoms with van der Waals surface area (Å²) < 4.78 is 5.54. The van der Waals surface area contributed by atoms with E-state index in [1.807, 2.05) is 0 Å². The Bertz CT molecular complexity index is 319. The summed E-state index contributed by atoms with van der Waals surface area (Å²) in [4.78, 5) is 5.00. The zero-order chi connectivity index (χ0) is 16.0. The summed E-state index contributed by atoms with van der Waals surface area (Å²) in [6.45, 7) is 9.19.